The van der Waals surface area contributed by atoms with Crippen LogP contribution in [0.2, 0.25) is 0 Å². The van der Waals surface area contributed by atoms with Gasteiger partial charge in [0.1, 0.15) is 5.69 Å². The number of rotatable bonds is 5. The Morgan fingerprint density at radius 3 is 2.46 bits per heavy atom. The van der Waals surface area contributed by atoms with Crippen LogP contribution in [-0.2, 0) is 7.05 Å². The van der Waals surface area contributed by atoms with Crippen LogP contribution in [0.15, 0.2) is 16.8 Å². The first-order chi connectivity index (χ1) is 13.5. The molecule has 4 fully saturated rings. The van der Waals surface area contributed by atoms with Crippen molar-refractivity contribution in [1.29, 1.82) is 0 Å². The van der Waals surface area contributed by atoms with E-state index in [1.165, 1.54) is 38.5 Å². The van der Waals surface area contributed by atoms with E-state index in [9.17, 15) is 4.79 Å². The molecule has 4 aliphatic carbocycles. The van der Waals surface area contributed by atoms with E-state index < -0.39 is 0 Å². The minimum atomic E-state index is -0.136. The Balaban J connectivity index is 1.34. The summed E-state index contributed by atoms with van der Waals surface area (Å²) in [6.07, 6.45) is 10.8. The summed E-state index contributed by atoms with van der Waals surface area (Å²) in [5, 5.41) is 11.7. The van der Waals surface area contributed by atoms with Crippen molar-refractivity contribution in [2.45, 2.75) is 64.8 Å². The van der Waals surface area contributed by atoms with Crippen LogP contribution in [0.5, 0.6) is 0 Å². The molecule has 4 saturated carbocycles. The monoisotopic (exact) mass is 382 g/mol. The van der Waals surface area contributed by atoms with Crippen LogP contribution in [0.3, 0.4) is 0 Å². The maximum absolute atomic E-state index is 13.0. The minimum Gasteiger partial charge on any atom is -0.350 e. The molecule has 0 unspecified atom stereocenters. The quantitative estimate of drug-likeness (QED) is 0.845. The van der Waals surface area contributed by atoms with Crippen molar-refractivity contribution < 1.29 is 9.32 Å². The number of hydrogen-bond acceptors (Lipinski definition) is 4. The number of carbonyl (C=O) groups is 1. The molecule has 0 spiro atoms. The van der Waals surface area contributed by atoms with Crippen LogP contribution in [-0.4, -0.2) is 26.9 Å². The van der Waals surface area contributed by atoms with Gasteiger partial charge in [-0.3, -0.25) is 9.48 Å². The normalized spacial score (nSPS) is 31.9. The van der Waals surface area contributed by atoms with Crippen molar-refractivity contribution in [3.8, 4) is 11.3 Å². The number of aromatic nitrogens is 3. The van der Waals surface area contributed by atoms with Gasteiger partial charge in [0, 0.05) is 30.4 Å². The maximum Gasteiger partial charge on any atom is 0.290 e. The number of amides is 1. The van der Waals surface area contributed by atoms with Crippen LogP contribution in [0.25, 0.3) is 11.3 Å². The highest BCUT2D eigenvalue weighted by Crippen LogP contribution is 2.61. The Bertz CT molecular complexity index is 861. The van der Waals surface area contributed by atoms with Gasteiger partial charge in [-0.25, -0.2) is 0 Å². The van der Waals surface area contributed by atoms with Gasteiger partial charge in [-0.1, -0.05) is 12.1 Å². The van der Waals surface area contributed by atoms with Crippen molar-refractivity contribution in [3.63, 3.8) is 0 Å². The van der Waals surface area contributed by atoms with Crippen molar-refractivity contribution in [2.75, 3.05) is 0 Å². The summed E-state index contributed by atoms with van der Waals surface area (Å²) in [5.41, 5.74) is 2.86. The lowest BCUT2D eigenvalue weighted by molar-refractivity contribution is -0.0728. The standard InChI is InChI=1S/C22H30N4O2/c1-4-20(22-9-14-5-15(10-22)7-16(6-14)11-22)24-21(27)19-8-18(25-28-19)17-12-23-26(3)13(17)2/h8,12,14-16,20H,4-7,9-11H2,1-3H3,(H,24,27)/t14?,15?,16?,20-,22?/m0/s1. The third-order valence-corrected chi connectivity index (χ3v) is 7.78. The topological polar surface area (TPSA) is 73.0 Å². The van der Waals surface area contributed by atoms with Crippen molar-refractivity contribution in [2.24, 2.45) is 30.2 Å². The van der Waals surface area contributed by atoms with Crippen LogP contribution in [0.4, 0.5) is 0 Å². The molecule has 1 amide bonds. The summed E-state index contributed by atoms with van der Waals surface area (Å²) >= 11 is 0. The summed E-state index contributed by atoms with van der Waals surface area (Å²) < 4.78 is 7.21. The minimum absolute atomic E-state index is 0.136. The first-order valence-electron chi connectivity index (χ1n) is 10.7. The summed E-state index contributed by atoms with van der Waals surface area (Å²) in [4.78, 5) is 13.0. The van der Waals surface area contributed by atoms with Gasteiger partial charge in [-0.05, 0) is 75.0 Å². The molecule has 2 heterocycles. The predicted octanol–water partition coefficient (Wildman–Crippen LogP) is 4.11. The summed E-state index contributed by atoms with van der Waals surface area (Å²) in [6, 6.07) is 1.97. The molecule has 0 aromatic carbocycles. The van der Waals surface area contributed by atoms with Gasteiger partial charge in [0.05, 0.1) is 6.20 Å². The molecular weight excluding hydrogens is 352 g/mol. The molecule has 150 valence electrons. The molecule has 0 radical (unpaired) electrons. The number of nitrogens with one attached hydrogen (secondary N) is 1. The molecule has 1 atom stereocenters. The zero-order chi connectivity index (χ0) is 19.5. The summed E-state index contributed by atoms with van der Waals surface area (Å²) in [6.45, 7) is 4.19. The van der Waals surface area contributed by atoms with Crippen LogP contribution < -0.4 is 5.32 Å². The van der Waals surface area contributed by atoms with Gasteiger partial charge >= 0.3 is 0 Å². The second-order valence-corrected chi connectivity index (χ2v) is 9.56. The smallest absolute Gasteiger partial charge is 0.290 e. The van der Waals surface area contributed by atoms with Crippen molar-refractivity contribution in [3.05, 3.63) is 23.7 Å². The first-order valence-corrected chi connectivity index (χ1v) is 10.7. The molecule has 4 bridgehead atoms. The van der Waals surface area contributed by atoms with E-state index in [2.05, 4.69) is 22.5 Å². The van der Waals surface area contributed by atoms with E-state index in [0.29, 0.717) is 16.9 Å². The van der Waals surface area contributed by atoms with E-state index in [1.54, 1.807) is 16.9 Å². The lowest BCUT2D eigenvalue weighted by Gasteiger charge is -2.59. The Hall–Kier alpha value is -2.11. The molecule has 28 heavy (non-hydrogen) atoms. The molecule has 6 rings (SSSR count). The van der Waals surface area contributed by atoms with Crippen LogP contribution in [0.1, 0.15) is 68.1 Å². The fourth-order valence-electron chi connectivity index (χ4n) is 6.78. The zero-order valence-electron chi connectivity index (χ0n) is 17.1. The number of aryl methyl sites for hydroxylation is 1. The van der Waals surface area contributed by atoms with Crippen molar-refractivity contribution in [1.82, 2.24) is 20.3 Å². The Morgan fingerprint density at radius 2 is 1.93 bits per heavy atom. The molecule has 6 nitrogen and oxygen atoms in total. The van der Waals surface area contributed by atoms with Crippen molar-refractivity contribution >= 4 is 5.91 Å². The zero-order valence-corrected chi connectivity index (χ0v) is 17.1. The van der Waals surface area contributed by atoms with Crippen LogP contribution >= 0.6 is 0 Å². The van der Waals surface area contributed by atoms with E-state index in [1.807, 2.05) is 14.0 Å². The Morgan fingerprint density at radius 1 is 1.29 bits per heavy atom. The fourth-order valence-corrected chi connectivity index (χ4v) is 6.78. The lowest BCUT2D eigenvalue weighted by atomic mass is 9.47. The highest BCUT2D eigenvalue weighted by Gasteiger charge is 2.54. The fraction of sp³-hybridized carbons (Fsp3) is 0.682. The van der Waals surface area contributed by atoms with Gasteiger partial charge in [0.15, 0.2) is 0 Å². The van der Waals surface area contributed by atoms with Gasteiger partial charge in [-0.15, -0.1) is 0 Å². The average molecular weight is 383 g/mol. The maximum atomic E-state index is 13.0. The van der Waals surface area contributed by atoms with E-state index in [-0.39, 0.29) is 11.9 Å². The number of hydrogen-bond donors (Lipinski definition) is 1. The highest BCUT2D eigenvalue weighted by atomic mass is 16.5. The van der Waals surface area contributed by atoms with E-state index in [0.717, 1.165) is 35.4 Å². The second-order valence-electron chi connectivity index (χ2n) is 9.56. The van der Waals surface area contributed by atoms with Gasteiger partial charge in [-0.2, -0.15) is 5.10 Å². The van der Waals surface area contributed by atoms with Gasteiger partial charge in [0.25, 0.3) is 5.91 Å². The molecule has 4 aliphatic rings. The number of nitrogens with zero attached hydrogens (tertiary/aromatic N) is 3. The summed E-state index contributed by atoms with van der Waals surface area (Å²) in [7, 11) is 1.89. The average Bonchev–Trinajstić information content (AvgIpc) is 3.26. The first kappa shape index (κ1) is 18.0. The predicted molar refractivity (Wildman–Crippen MR) is 106 cm³/mol. The van der Waals surface area contributed by atoms with Gasteiger partial charge < -0.3 is 9.84 Å². The largest absolute Gasteiger partial charge is 0.350 e. The van der Waals surface area contributed by atoms with Crippen LogP contribution in [0, 0.1) is 30.1 Å². The molecule has 1 N–H and O–H groups in total. The summed E-state index contributed by atoms with van der Waals surface area (Å²) in [5.74, 6) is 2.79. The molecular formula is C22H30N4O2. The van der Waals surface area contributed by atoms with Gasteiger partial charge in [0.2, 0.25) is 5.76 Å². The third-order valence-electron chi connectivity index (χ3n) is 7.78. The third kappa shape index (κ3) is 2.80. The second kappa shape index (κ2) is 6.46. The Kier molecular flexibility index (Phi) is 4.14. The Labute approximate surface area is 166 Å². The molecule has 6 heteroatoms. The lowest BCUT2D eigenvalue weighted by Crippen LogP contribution is -2.56. The SMILES string of the molecule is CC[C@H](NC(=O)c1cc(-c2cnn(C)c2C)no1)C12CC3CC(CC(C3)C1)C2. The molecule has 2 aromatic heterocycles. The highest BCUT2D eigenvalue weighted by molar-refractivity contribution is 5.92. The van der Waals surface area contributed by atoms with E-state index in [4.69, 9.17) is 4.52 Å². The van der Waals surface area contributed by atoms with E-state index >= 15 is 0 Å². The molecule has 0 aliphatic heterocycles. The number of carbonyl (C=O) groups excluding carboxylic acids is 1. The molecule has 2 aromatic rings. The molecule has 0 saturated heterocycles.